The van der Waals surface area contributed by atoms with Crippen molar-refractivity contribution >= 4 is 11.1 Å². The molecule has 2 aromatic rings. The van der Waals surface area contributed by atoms with Gasteiger partial charge < -0.3 is 20.0 Å². The van der Waals surface area contributed by atoms with Gasteiger partial charge in [0.15, 0.2) is 5.58 Å². The number of fused-ring (bicyclic) bond motifs is 1. The molecule has 2 rings (SSSR count). The van der Waals surface area contributed by atoms with Crippen LogP contribution in [0.25, 0.3) is 11.1 Å². The quantitative estimate of drug-likeness (QED) is 0.780. The van der Waals surface area contributed by atoms with E-state index in [1.165, 1.54) is 0 Å². The molecule has 0 saturated carbocycles. The van der Waals surface area contributed by atoms with Gasteiger partial charge in [0.25, 0.3) is 0 Å². The summed E-state index contributed by atoms with van der Waals surface area (Å²) in [5, 5.41) is 9.44. The number of aliphatic hydroxyl groups is 1. The van der Waals surface area contributed by atoms with Crippen molar-refractivity contribution in [2.45, 2.75) is 6.10 Å². The number of rotatable bonds is 3. The molecular weight excluding hydrogens is 196 g/mol. The van der Waals surface area contributed by atoms with E-state index in [2.05, 4.69) is 4.98 Å². The maximum atomic E-state index is 9.44. The highest BCUT2D eigenvalue weighted by atomic mass is 16.5. The number of nitrogens with zero attached hydrogens (tertiary/aromatic N) is 1. The molecule has 5 heteroatoms. The van der Waals surface area contributed by atoms with Gasteiger partial charge in [-0.2, -0.15) is 0 Å². The summed E-state index contributed by atoms with van der Waals surface area (Å²) < 4.78 is 10.4. The highest BCUT2D eigenvalue weighted by Gasteiger charge is 2.13. The zero-order valence-corrected chi connectivity index (χ0v) is 8.30. The summed E-state index contributed by atoms with van der Waals surface area (Å²) in [6, 6.07) is 5.27. The number of hydrogen-bond acceptors (Lipinski definition) is 5. The van der Waals surface area contributed by atoms with E-state index in [1.54, 1.807) is 25.3 Å². The van der Waals surface area contributed by atoms with E-state index in [4.69, 9.17) is 14.9 Å². The van der Waals surface area contributed by atoms with Crippen LogP contribution >= 0.6 is 0 Å². The molecule has 1 unspecified atom stereocenters. The number of benzene rings is 1. The Morgan fingerprint density at radius 2 is 2.40 bits per heavy atom. The lowest BCUT2D eigenvalue weighted by atomic mass is 10.3. The Hall–Kier alpha value is -1.59. The van der Waals surface area contributed by atoms with E-state index in [1.807, 2.05) is 0 Å². The highest BCUT2D eigenvalue weighted by molar-refractivity contribution is 5.74. The van der Waals surface area contributed by atoms with Crippen LogP contribution in [0, 0.1) is 0 Å². The minimum absolute atomic E-state index is 0.0873. The van der Waals surface area contributed by atoms with Crippen LogP contribution in [0.5, 0.6) is 5.75 Å². The number of methoxy groups -OCH3 is 1. The molecule has 1 aromatic heterocycles. The third kappa shape index (κ3) is 1.79. The maximum absolute atomic E-state index is 9.44. The summed E-state index contributed by atoms with van der Waals surface area (Å²) in [5.74, 6) is 0.924. The molecule has 15 heavy (non-hydrogen) atoms. The van der Waals surface area contributed by atoms with Crippen LogP contribution in [0.1, 0.15) is 12.0 Å². The summed E-state index contributed by atoms with van der Waals surface area (Å²) in [7, 11) is 1.58. The smallest absolute Gasteiger partial charge is 0.225 e. The number of nitrogens with two attached hydrogens (primary N) is 1. The first kappa shape index (κ1) is 9.95. The normalized spacial score (nSPS) is 13.0. The van der Waals surface area contributed by atoms with Crippen molar-refractivity contribution in [1.82, 2.24) is 4.98 Å². The monoisotopic (exact) mass is 208 g/mol. The molecule has 0 saturated heterocycles. The van der Waals surface area contributed by atoms with Gasteiger partial charge in [0.1, 0.15) is 17.4 Å². The Balaban J connectivity index is 2.46. The largest absolute Gasteiger partial charge is 0.497 e. The molecule has 0 bridgehead atoms. The predicted octanol–water partition coefficient (Wildman–Crippen LogP) is 0.829. The third-order valence-electron chi connectivity index (χ3n) is 2.12. The Labute approximate surface area is 86.5 Å². The lowest BCUT2D eigenvalue weighted by molar-refractivity contribution is 0.154. The van der Waals surface area contributed by atoms with E-state index in [0.717, 1.165) is 0 Å². The molecule has 0 fully saturated rings. The van der Waals surface area contributed by atoms with Crippen molar-refractivity contribution in [3.8, 4) is 5.75 Å². The lowest BCUT2D eigenvalue weighted by Crippen LogP contribution is -2.11. The Bertz CT molecular complexity index is 467. The molecule has 5 nitrogen and oxygen atoms in total. The Morgan fingerprint density at radius 1 is 1.60 bits per heavy atom. The molecule has 0 amide bonds. The van der Waals surface area contributed by atoms with E-state index in [0.29, 0.717) is 16.8 Å². The second-order valence-electron chi connectivity index (χ2n) is 3.14. The molecule has 0 aliphatic heterocycles. The van der Waals surface area contributed by atoms with Crippen molar-refractivity contribution in [2.75, 3.05) is 13.7 Å². The predicted molar refractivity (Wildman–Crippen MR) is 54.6 cm³/mol. The fourth-order valence-corrected chi connectivity index (χ4v) is 1.29. The van der Waals surface area contributed by atoms with Gasteiger partial charge >= 0.3 is 0 Å². The van der Waals surface area contributed by atoms with E-state index >= 15 is 0 Å². The van der Waals surface area contributed by atoms with Gasteiger partial charge in [-0.15, -0.1) is 0 Å². The molecule has 1 heterocycles. The van der Waals surface area contributed by atoms with E-state index in [9.17, 15) is 5.11 Å². The molecule has 1 atom stereocenters. The van der Waals surface area contributed by atoms with Gasteiger partial charge in [0, 0.05) is 12.6 Å². The molecule has 1 aromatic carbocycles. The Morgan fingerprint density at radius 3 is 3.07 bits per heavy atom. The lowest BCUT2D eigenvalue weighted by Gasteiger charge is -1.99. The van der Waals surface area contributed by atoms with Gasteiger partial charge in [0.05, 0.1) is 7.11 Å². The van der Waals surface area contributed by atoms with Crippen molar-refractivity contribution < 1.29 is 14.3 Å². The number of hydrogen-bond donors (Lipinski definition) is 2. The minimum atomic E-state index is -0.858. The first-order chi connectivity index (χ1) is 7.24. The summed E-state index contributed by atoms with van der Waals surface area (Å²) in [4.78, 5) is 4.11. The Kier molecular flexibility index (Phi) is 2.57. The molecule has 0 aliphatic rings. The summed E-state index contributed by atoms with van der Waals surface area (Å²) in [6.07, 6.45) is -0.858. The minimum Gasteiger partial charge on any atom is -0.497 e. The maximum Gasteiger partial charge on any atom is 0.225 e. The molecular formula is C10H12N2O3. The van der Waals surface area contributed by atoms with Gasteiger partial charge in [-0.1, -0.05) is 0 Å². The fraction of sp³-hybridized carbons (Fsp3) is 0.300. The summed E-state index contributed by atoms with van der Waals surface area (Å²) in [5.41, 5.74) is 6.57. The zero-order chi connectivity index (χ0) is 10.8. The van der Waals surface area contributed by atoms with Gasteiger partial charge in [-0.3, -0.25) is 0 Å². The van der Waals surface area contributed by atoms with Crippen LogP contribution in [0.15, 0.2) is 22.6 Å². The van der Waals surface area contributed by atoms with Crippen LogP contribution in [-0.4, -0.2) is 23.7 Å². The first-order valence-electron chi connectivity index (χ1n) is 4.57. The van der Waals surface area contributed by atoms with Crippen molar-refractivity contribution in [3.05, 3.63) is 24.1 Å². The number of oxazole rings is 1. The van der Waals surface area contributed by atoms with Gasteiger partial charge in [-0.05, 0) is 12.1 Å². The standard InChI is InChI=1S/C10H12N2O3/c1-14-6-2-3-7-9(4-6)15-10(12-7)8(13)5-11/h2-4,8,13H,5,11H2,1H3. The van der Waals surface area contributed by atoms with Crippen LogP contribution in [0.3, 0.4) is 0 Å². The molecule has 0 spiro atoms. The summed E-state index contributed by atoms with van der Waals surface area (Å²) >= 11 is 0. The topological polar surface area (TPSA) is 81.5 Å². The van der Waals surface area contributed by atoms with E-state index in [-0.39, 0.29) is 12.4 Å². The molecule has 0 aliphatic carbocycles. The highest BCUT2D eigenvalue weighted by Crippen LogP contribution is 2.23. The zero-order valence-electron chi connectivity index (χ0n) is 8.30. The van der Waals surface area contributed by atoms with E-state index < -0.39 is 6.10 Å². The van der Waals surface area contributed by atoms with Gasteiger partial charge in [-0.25, -0.2) is 4.98 Å². The second kappa shape index (κ2) is 3.88. The number of ether oxygens (including phenoxy) is 1. The fourth-order valence-electron chi connectivity index (χ4n) is 1.29. The average molecular weight is 208 g/mol. The van der Waals surface area contributed by atoms with Crippen molar-refractivity contribution in [3.63, 3.8) is 0 Å². The van der Waals surface area contributed by atoms with Crippen molar-refractivity contribution in [2.24, 2.45) is 5.73 Å². The molecule has 3 N–H and O–H groups in total. The average Bonchev–Trinajstić information content (AvgIpc) is 2.70. The summed E-state index contributed by atoms with van der Waals surface area (Å²) in [6.45, 7) is 0.0873. The van der Waals surface area contributed by atoms with Crippen LogP contribution < -0.4 is 10.5 Å². The third-order valence-corrected chi connectivity index (χ3v) is 2.12. The van der Waals surface area contributed by atoms with Gasteiger partial charge in [0.2, 0.25) is 5.89 Å². The van der Waals surface area contributed by atoms with Crippen LogP contribution in [0.2, 0.25) is 0 Å². The SMILES string of the molecule is COc1ccc2nc(C(O)CN)oc2c1. The van der Waals surface area contributed by atoms with Crippen LogP contribution in [-0.2, 0) is 0 Å². The molecule has 80 valence electrons. The number of aromatic nitrogens is 1. The molecule has 0 radical (unpaired) electrons. The van der Waals surface area contributed by atoms with Crippen LogP contribution in [0.4, 0.5) is 0 Å². The number of aliphatic hydroxyl groups excluding tert-OH is 1. The second-order valence-corrected chi connectivity index (χ2v) is 3.14. The van der Waals surface area contributed by atoms with Crippen molar-refractivity contribution in [1.29, 1.82) is 0 Å². The first-order valence-corrected chi connectivity index (χ1v) is 4.57.